The molecule has 0 saturated heterocycles. The minimum atomic E-state index is -0.532. The summed E-state index contributed by atoms with van der Waals surface area (Å²) in [6.45, 7) is 6.22. The molecule has 2 aliphatic rings. The molecule has 0 spiro atoms. The van der Waals surface area contributed by atoms with Crippen LogP contribution in [0.25, 0.3) is 0 Å². The van der Waals surface area contributed by atoms with Crippen molar-refractivity contribution in [3.05, 3.63) is 51.4 Å². The summed E-state index contributed by atoms with van der Waals surface area (Å²) >= 11 is 1.38. The number of hydrogen-bond donors (Lipinski definition) is 1. The Kier molecular flexibility index (Phi) is 5.67. The summed E-state index contributed by atoms with van der Waals surface area (Å²) in [5, 5.41) is 3.18. The molecular formula is C24H26N2O5S. The van der Waals surface area contributed by atoms with Crippen LogP contribution in [0.2, 0.25) is 0 Å². The Hall–Kier alpha value is -3.00. The van der Waals surface area contributed by atoms with Crippen LogP contribution in [0.15, 0.2) is 24.3 Å². The summed E-state index contributed by atoms with van der Waals surface area (Å²) in [7, 11) is 1.32. The van der Waals surface area contributed by atoms with Gasteiger partial charge in [0.05, 0.1) is 23.8 Å². The first-order valence-corrected chi connectivity index (χ1v) is 11.4. The Balaban J connectivity index is 1.56. The van der Waals surface area contributed by atoms with Crippen molar-refractivity contribution in [2.45, 2.75) is 40.0 Å². The van der Waals surface area contributed by atoms with E-state index in [0.717, 1.165) is 34.6 Å². The van der Waals surface area contributed by atoms with E-state index in [0.29, 0.717) is 27.6 Å². The van der Waals surface area contributed by atoms with Gasteiger partial charge in [0, 0.05) is 4.88 Å². The Labute approximate surface area is 190 Å². The quantitative estimate of drug-likeness (QED) is 0.558. The Morgan fingerprint density at radius 1 is 1.16 bits per heavy atom. The van der Waals surface area contributed by atoms with E-state index in [1.54, 1.807) is 24.3 Å². The largest absolute Gasteiger partial charge is 0.465 e. The molecule has 1 aliphatic carbocycles. The Morgan fingerprint density at radius 3 is 2.34 bits per heavy atom. The number of ether oxygens (including phenoxy) is 1. The lowest BCUT2D eigenvalue weighted by Gasteiger charge is -2.33. The number of nitrogens with one attached hydrogen (secondary N) is 1. The van der Waals surface area contributed by atoms with Gasteiger partial charge in [0.15, 0.2) is 0 Å². The predicted octanol–water partition coefficient (Wildman–Crippen LogP) is 3.92. The second-order valence-electron chi connectivity index (χ2n) is 9.30. The van der Waals surface area contributed by atoms with Gasteiger partial charge in [-0.3, -0.25) is 19.3 Å². The number of hydrogen-bond acceptors (Lipinski definition) is 6. The third-order valence-corrected chi connectivity index (χ3v) is 7.48. The van der Waals surface area contributed by atoms with Crippen molar-refractivity contribution in [3.8, 4) is 0 Å². The molecular weight excluding hydrogens is 428 g/mol. The molecule has 0 fully saturated rings. The van der Waals surface area contributed by atoms with Crippen molar-refractivity contribution >= 4 is 40.0 Å². The lowest BCUT2D eigenvalue weighted by Crippen LogP contribution is -2.37. The fraction of sp³-hybridized carbons (Fsp3) is 0.417. The number of fused-ring (bicyclic) bond motifs is 2. The fourth-order valence-corrected chi connectivity index (χ4v) is 5.76. The number of imide groups is 1. The third-order valence-electron chi connectivity index (χ3n) is 6.31. The van der Waals surface area contributed by atoms with Crippen LogP contribution >= 0.6 is 11.3 Å². The van der Waals surface area contributed by atoms with E-state index in [9.17, 15) is 19.2 Å². The number of esters is 1. The summed E-state index contributed by atoms with van der Waals surface area (Å²) in [5.74, 6) is -1.54. The zero-order valence-corrected chi connectivity index (χ0v) is 19.4. The van der Waals surface area contributed by atoms with Crippen molar-refractivity contribution < 1.29 is 23.9 Å². The average Bonchev–Trinajstić information content (AvgIpc) is 3.22. The molecule has 1 aromatic heterocycles. The highest BCUT2D eigenvalue weighted by molar-refractivity contribution is 7.17. The average molecular weight is 455 g/mol. The highest BCUT2D eigenvalue weighted by Gasteiger charge is 2.37. The number of amides is 3. The molecule has 0 saturated carbocycles. The van der Waals surface area contributed by atoms with E-state index in [1.165, 1.54) is 18.4 Å². The molecule has 1 aromatic carbocycles. The number of rotatable bonds is 4. The molecule has 4 rings (SSSR count). The molecule has 0 bridgehead atoms. The van der Waals surface area contributed by atoms with Crippen LogP contribution in [0.3, 0.4) is 0 Å². The van der Waals surface area contributed by atoms with Crippen LogP contribution in [-0.4, -0.2) is 42.2 Å². The van der Waals surface area contributed by atoms with Crippen LogP contribution < -0.4 is 5.32 Å². The molecule has 168 valence electrons. The van der Waals surface area contributed by atoms with E-state index >= 15 is 0 Å². The van der Waals surface area contributed by atoms with E-state index in [2.05, 4.69) is 26.1 Å². The molecule has 2 heterocycles. The first kappa shape index (κ1) is 22.2. The molecule has 1 atom stereocenters. The first-order chi connectivity index (χ1) is 15.1. The van der Waals surface area contributed by atoms with Gasteiger partial charge < -0.3 is 10.1 Å². The number of anilines is 1. The molecule has 8 heteroatoms. The van der Waals surface area contributed by atoms with Crippen LogP contribution in [-0.2, 0) is 22.4 Å². The molecule has 0 radical (unpaired) electrons. The lowest BCUT2D eigenvalue weighted by molar-refractivity contribution is -0.116. The minimum absolute atomic E-state index is 0.141. The normalized spacial score (nSPS) is 17.8. The van der Waals surface area contributed by atoms with Gasteiger partial charge in [-0.05, 0) is 48.3 Å². The topological polar surface area (TPSA) is 92.8 Å². The Morgan fingerprint density at radius 2 is 1.78 bits per heavy atom. The summed E-state index contributed by atoms with van der Waals surface area (Å²) in [6.07, 6.45) is 2.54. The van der Waals surface area contributed by atoms with Gasteiger partial charge in [0.2, 0.25) is 5.91 Å². The fourth-order valence-electron chi connectivity index (χ4n) is 4.42. The summed E-state index contributed by atoms with van der Waals surface area (Å²) in [5.41, 5.74) is 2.04. The van der Waals surface area contributed by atoms with Crippen LogP contribution in [0.5, 0.6) is 0 Å². The van der Waals surface area contributed by atoms with E-state index in [1.807, 2.05) is 0 Å². The monoisotopic (exact) mass is 454 g/mol. The van der Waals surface area contributed by atoms with Gasteiger partial charge in [-0.25, -0.2) is 4.79 Å². The van der Waals surface area contributed by atoms with Gasteiger partial charge in [-0.2, -0.15) is 0 Å². The predicted molar refractivity (Wildman–Crippen MR) is 121 cm³/mol. The number of benzene rings is 1. The number of nitrogens with zero attached hydrogens (tertiary/aromatic N) is 1. The SMILES string of the molecule is COC(=O)c1c(NC(=O)CN2C(=O)c3ccccc3C2=O)sc2c1CC[C@@H](C(C)(C)C)C2. The summed E-state index contributed by atoms with van der Waals surface area (Å²) < 4.78 is 4.98. The number of methoxy groups -OCH3 is 1. The van der Waals surface area contributed by atoms with Crippen LogP contribution in [0.1, 0.15) is 68.7 Å². The smallest absolute Gasteiger partial charge is 0.341 e. The Bertz CT molecular complexity index is 1090. The van der Waals surface area contributed by atoms with Crippen molar-refractivity contribution in [2.24, 2.45) is 11.3 Å². The number of carbonyl (C=O) groups excluding carboxylic acids is 4. The third kappa shape index (κ3) is 3.83. The van der Waals surface area contributed by atoms with Gasteiger partial charge in [0.1, 0.15) is 11.5 Å². The first-order valence-electron chi connectivity index (χ1n) is 10.6. The molecule has 32 heavy (non-hydrogen) atoms. The van der Waals surface area contributed by atoms with E-state index in [4.69, 9.17) is 4.74 Å². The molecule has 0 unspecified atom stereocenters. The maximum absolute atomic E-state index is 12.8. The number of thiophene rings is 1. The number of carbonyl (C=O) groups is 4. The van der Waals surface area contributed by atoms with Gasteiger partial charge >= 0.3 is 5.97 Å². The second-order valence-corrected chi connectivity index (χ2v) is 10.4. The van der Waals surface area contributed by atoms with E-state index in [-0.39, 0.29) is 5.41 Å². The second kappa shape index (κ2) is 8.16. The van der Waals surface area contributed by atoms with Gasteiger partial charge in [-0.15, -0.1) is 11.3 Å². The molecule has 3 amide bonds. The zero-order valence-electron chi connectivity index (χ0n) is 18.6. The van der Waals surface area contributed by atoms with Crippen molar-refractivity contribution in [1.82, 2.24) is 4.90 Å². The van der Waals surface area contributed by atoms with Crippen LogP contribution in [0.4, 0.5) is 5.00 Å². The standard InChI is InChI=1S/C24H26N2O5S/c1-24(2,3)13-9-10-16-17(11-13)32-20(19(16)23(30)31-4)25-18(27)12-26-21(28)14-7-5-6-8-15(14)22(26)29/h5-8,13H,9-12H2,1-4H3,(H,25,27)/t13-/m1/s1. The maximum Gasteiger partial charge on any atom is 0.341 e. The van der Waals surface area contributed by atoms with Crippen molar-refractivity contribution in [3.63, 3.8) is 0 Å². The molecule has 2 aromatic rings. The molecule has 7 nitrogen and oxygen atoms in total. The highest BCUT2D eigenvalue weighted by Crippen LogP contribution is 2.44. The maximum atomic E-state index is 12.8. The van der Waals surface area contributed by atoms with Crippen molar-refractivity contribution in [1.29, 1.82) is 0 Å². The highest BCUT2D eigenvalue weighted by atomic mass is 32.1. The van der Waals surface area contributed by atoms with Gasteiger partial charge in [0.25, 0.3) is 11.8 Å². The minimum Gasteiger partial charge on any atom is -0.465 e. The van der Waals surface area contributed by atoms with Crippen molar-refractivity contribution in [2.75, 3.05) is 19.0 Å². The lowest BCUT2D eigenvalue weighted by atomic mass is 9.72. The summed E-state index contributed by atoms with van der Waals surface area (Å²) in [6, 6.07) is 6.50. The van der Waals surface area contributed by atoms with Crippen LogP contribution in [0, 0.1) is 11.3 Å². The van der Waals surface area contributed by atoms with Gasteiger partial charge in [-0.1, -0.05) is 32.9 Å². The zero-order chi connectivity index (χ0) is 23.2. The van der Waals surface area contributed by atoms with E-state index < -0.39 is 30.2 Å². The summed E-state index contributed by atoms with van der Waals surface area (Å²) in [4.78, 5) is 52.5. The molecule has 1 aliphatic heterocycles. The molecule has 1 N–H and O–H groups in total.